The summed E-state index contributed by atoms with van der Waals surface area (Å²) < 4.78 is 0. The molecule has 0 aliphatic carbocycles. The molecule has 7 heteroatoms. The van der Waals surface area contributed by atoms with Crippen LogP contribution in [0, 0.1) is 0 Å². The summed E-state index contributed by atoms with van der Waals surface area (Å²) in [6.45, 7) is 0. The topological polar surface area (TPSA) is 78.9 Å². The van der Waals surface area contributed by atoms with Crippen LogP contribution in [0.4, 0.5) is 27.7 Å². The number of urea groups is 1. The van der Waals surface area contributed by atoms with E-state index >= 15 is 0 Å². The van der Waals surface area contributed by atoms with Crippen LogP contribution in [0.2, 0.25) is 5.02 Å². The number of carbonyl (C=O) groups is 1. The van der Waals surface area contributed by atoms with Crippen LogP contribution in [0.15, 0.2) is 91.3 Å². The van der Waals surface area contributed by atoms with E-state index in [0.29, 0.717) is 22.2 Å². The van der Waals surface area contributed by atoms with Crippen molar-refractivity contribution in [2.75, 3.05) is 16.0 Å². The Labute approximate surface area is 179 Å². The third-order valence-corrected chi connectivity index (χ3v) is 4.51. The highest BCUT2D eigenvalue weighted by Crippen LogP contribution is 2.22. The summed E-state index contributed by atoms with van der Waals surface area (Å²) >= 11 is 5.85. The monoisotopic (exact) mass is 415 g/mol. The second-order valence-electron chi connectivity index (χ2n) is 6.44. The highest BCUT2D eigenvalue weighted by atomic mass is 35.5. The fraction of sp³-hybridized carbons (Fsp3) is 0. The zero-order chi connectivity index (χ0) is 20.8. The standard InChI is InChI=1S/C23H18ClN5O/c24-17-6-8-19(9-7-17)28-23(30)29-20-12-10-18(11-13-20)27-22-14-21(25-15-26-22)16-4-2-1-3-5-16/h1-15H,(H,25,26,27)(H2,28,29,30). The Morgan fingerprint density at radius 2 is 1.33 bits per heavy atom. The first kappa shape index (κ1) is 19.4. The highest BCUT2D eigenvalue weighted by Gasteiger charge is 2.05. The van der Waals surface area contributed by atoms with Gasteiger partial charge in [-0.05, 0) is 48.5 Å². The van der Waals surface area contributed by atoms with Gasteiger partial charge in [0.25, 0.3) is 0 Å². The molecule has 0 bridgehead atoms. The average Bonchev–Trinajstić information content (AvgIpc) is 2.77. The molecule has 0 fully saturated rings. The maximum absolute atomic E-state index is 12.1. The third kappa shape index (κ3) is 5.12. The van der Waals surface area contributed by atoms with Crippen molar-refractivity contribution in [1.29, 1.82) is 0 Å². The van der Waals surface area contributed by atoms with E-state index in [-0.39, 0.29) is 6.03 Å². The Balaban J connectivity index is 1.38. The molecule has 0 unspecified atom stereocenters. The maximum atomic E-state index is 12.1. The molecule has 148 valence electrons. The van der Waals surface area contributed by atoms with Crippen LogP contribution < -0.4 is 16.0 Å². The molecule has 0 aliphatic heterocycles. The molecule has 2 amide bonds. The number of benzene rings is 3. The highest BCUT2D eigenvalue weighted by molar-refractivity contribution is 6.30. The molecule has 30 heavy (non-hydrogen) atoms. The number of nitrogens with zero attached hydrogens (tertiary/aromatic N) is 2. The van der Waals surface area contributed by atoms with E-state index in [1.807, 2.05) is 60.7 Å². The van der Waals surface area contributed by atoms with E-state index in [2.05, 4.69) is 25.9 Å². The predicted octanol–water partition coefficient (Wildman–Crippen LogP) is 6.18. The minimum Gasteiger partial charge on any atom is -0.340 e. The zero-order valence-electron chi connectivity index (χ0n) is 15.8. The smallest absolute Gasteiger partial charge is 0.323 e. The van der Waals surface area contributed by atoms with Gasteiger partial charge in [0, 0.05) is 33.7 Å². The Kier molecular flexibility index (Phi) is 5.87. The number of nitrogens with one attached hydrogen (secondary N) is 3. The SMILES string of the molecule is O=C(Nc1ccc(Cl)cc1)Nc1ccc(Nc2cc(-c3ccccc3)ncn2)cc1. The van der Waals surface area contributed by atoms with E-state index in [9.17, 15) is 4.79 Å². The van der Waals surface area contributed by atoms with Crippen LogP contribution in [0.3, 0.4) is 0 Å². The maximum Gasteiger partial charge on any atom is 0.323 e. The van der Waals surface area contributed by atoms with Crippen molar-refractivity contribution >= 4 is 40.5 Å². The van der Waals surface area contributed by atoms with Crippen molar-refractivity contribution in [1.82, 2.24) is 9.97 Å². The van der Waals surface area contributed by atoms with Crippen LogP contribution in [0.1, 0.15) is 0 Å². The quantitative estimate of drug-likeness (QED) is 0.363. The molecule has 0 saturated carbocycles. The minimum absolute atomic E-state index is 0.332. The lowest BCUT2D eigenvalue weighted by molar-refractivity contribution is 0.262. The molecule has 6 nitrogen and oxygen atoms in total. The summed E-state index contributed by atoms with van der Waals surface area (Å²) in [4.78, 5) is 20.7. The summed E-state index contributed by atoms with van der Waals surface area (Å²) in [6.07, 6.45) is 1.53. The van der Waals surface area contributed by atoms with Crippen LogP contribution in [0.5, 0.6) is 0 Å². The number of hydrogen-bond acceptors (Lipinski definition) is 4. The van der Waals surface area contributed by atoms with Gasteiger partial charge in [0.1, 0.15) is 12.1 Å². The van der Waals surface area contributed by atoms with Crippen molar-refractivity contribution < 1.29 is 4.79 Å². The largest absolute Gasteiger partial charge is 0.340 e. The summed E-state index contributed by atoms with van der Waals surface area (Å²) in [5, 5.41) is 9.41. The molecular formula is C23H18ClN5O. The molecule has 4 rings (SSSR count). The Morgan fingerprint density at radius 1 is 0.733 bits per heavy atom. The number of halogens is 1. The summed E-state index contributed by atoms with van der Waals surface area (Å²) in [5.41, 5.74) is 4.03. The van der Waals surface area contributed by atoms with Crippen molar-refractivity contribution in [2.24, 2.45) is 0 Å². The van der Waals surface area contributed by atoms with E-state index in [0.717, 1.165) is 16.9 Å². The third-order valence-electron chi connectivity index (χ3n) is 4.25. The lowest BCUT2D eigenvalue weighted by Gasteiger charge is -2.10. The van der Waals surface area contributed by atoms with Gasteiger partial charge >= 0.3 is 6.03 Å². The van der Waals surface area contributed by atoms with Gasteiger partial charge in [-0.1, -0.05) is 41.9 Å². The first-order valence-corrected chi connectivity index (χ1v) is 9.62. The molecule has 0 spiro atoms. The Bertz CT molecular complexity index is 1130. The average molecular weight is 416 g/mol. The van der Waals surface area contributed by atoms with Gasteiger partial charge in [-0.2, -0.15) is 0 Å². The van der Waals surface area contributed by atoms with Gasteiger partial charge in [-0.15, -0.1) is 0 Å². The van der Waals surface area contributed by atoms with E-state index in [4.69, 9.17) is 11.6 Å². The van der Waals surface area contributed by atoms with Crippen LogP contribution in [-0.4, -0.2) is 16.0 Å². The number of hydrogen-bond donors (Lipinski definition) is 3. The van der Waals surface area contributed by atoms with Crippen LogP contribution in [-0.2, 0) is 0 Å². The number of amides is 2. The molecule has 0 aliphatic rings. The summed E-state index contributed by atoms with van der Waals surface area (Å²) in [6, 6.07) is 25.7. The molecule has 4 aromatic rings. The Morgan fingerprint density at radius 3 is 2.00 bits per heavy atom. The predicted molar refractivity (Wildman–Crippen MR) is 121 cm³/mol. The number of aromatic nitrogens is 2. The van der Waals surface area contributed by atoms with Crippen molar-refractivity contribution in [3.63, 3.8) is 0 Å². The van der Waals surface area contributed by atoms with Gasteiger partial charge in [0.2, 0.25) is 0 Å². The number of anilines is 4. The van der Waals surface area contributed by atoms with Gasteiger partial charge < -0.3 is 16.0 Å². The fourth-order valence-corrected chi connectivity index (χ4v) is 2.93. The molecule has 1 aromatic heterocycles. The number of rotatable bonds is 5. The van der Waals surface area contributed by atoms with Gasteiger partial charge in [0.15, 0.2) is 0 Å². The molecule has 3 aromatic carbocycles. The molecule has 0 radical (unpaired) electrons. The van der Waals surface area contributed by atoms with Crippen molar-refractivity contribution in [3.8, 4) is 11.3 Å². The molecular weight excluding hydrogens is 398 g/mol. The van der Waals surface area contributed by atoms with Crippen LogP contribution >= 0.6 is 11.6 Å². The summed E-state index contributed by atoms with van der Waals surface area (Å²) in [7, 11) is 0. The fourth-order valence-electron chi connectivity index (χ4n) is 2.80. The lowest BCUT2D eigenvalue weighted by atomic mass is 10.1. The second-order valence-corrected chi connectivity index (χ2v) is 6.88. The lowest BCUT2D eigenvalue weighted by Crippen LogP contribution is -2.19. The zero-order valence-corrected chi connectivity index (χ0v) is 16.6. The first-order valence-electron chi connectivity index (χ1n) is 9.24. The van der Waals surface area contributed by atoms with Gasteiger partial charge in [0.05, 0.1) is 5.69 Å². The Hall–Kier alpha value is -3.90. The molecule has 0 saturated heterocycles. The molecule has 3 N–H and O–H groups in total. The summed E-state index contributed by atoms with van der Waals surface area (Å²) in [5.74, 6) is 0.685. The minimum atomic E-state index is -0.332. The second kappa shape index (κ2) is 9.07. The van der Waals surface area contributed by atoms with Gasteiger partial charge in [-0.3, -0.25) is 0 Å². The van der Waals surface area contributed by atoms with Crippen molar-refractivity contribution in [2.45, 2.75) is 0 Å². The number of carbonyl (C=O) groups excluding carboxylic acids is 1. The van der Waals surface area contributed by atoms with Gasteiger partial charge in [-0.25, -0.2) is 14.8 Å². The first-order chi connectivity index (χ1) is 14.7. The van der Waals surface area contributed by atoms with E-state index in [1.165, 1.54) is 6.33 Å². The molecule has 0 atom stereocenters. The molecule has 1 heterocycles. The van der Waals surface area contributed by atoms with Crippen molar-refractivity contribution in [3.05, 3.63) is 96.3 Å². The van der Waals surface area contributed by atoms with E-state index in [1.54, 1.807) is 24.3 Å². The normalized spacial score (nSPS) is 10.3. The van der Waals surface area contributed by atoms with E-state index < -0.39 is 0 Å². The van der Waals surface area contributed by atoms with Crippen LogP contribution in [0.25, 0.3) is 11.3 Å².